The zero-order chi connectivity index (χ0) is 11.0. The van der Waals surface area contributed by atoms with Gasteiger partial charge in [-0.1, -0.05) is 13.3 Å². The van der Waals surface area contributed by atoms with Crippen molar-refractivity contribution in [1.29, 1.82) is 0 Å². The molecule has 0 fully saturated rings. The van der Waals surface area contributed by atoms with Crippen LogP contribution < -0.4 is 0 Å². The van der Waals surface area contributed by atoms with E-state index >= 15 is 0 Å². The fourth-order valence-electron chi connectivity index (χ4n) is 1.06. The molecule has 0 aromatic rings. The summed E-state index contributed by atoms with van der Waals surface area (Å²) in [6.07, 6.45) is 2.93. The molecule has 2 nitrogen and oxygen atoms in total. The average molecular weight is 220 g/mol. The molecule has 4 heteroatoms. The van der Waals surface area contributed by atoms with Gasteiger partial charge in [0.15, 0.2) is 0 Å². The van der Waals surface area contributed by atoms with Crippen LogP contribution in [-0.2, 0) is 9.53 Å². The van der Waals surface area contributed by atoms with Crippen LogP contribution in [-0.4, -0.2) is 21.0 Å². The Labute approximate surface area is 87.0 Å². The highest BCUT2D eigenvalue weighted by atomic mass is 28.4. The van der Waals surface area contributed by atoms with Gasteiger partial charge in [0.2, 0.25) is 8.41 Å². The molecule has 0 saturated heterocycles. The van der Waals surface area contributed by atoms with Crippen molar-refractivity contribution in [2.24, 2.45) is 0 Å². The molecular weight excluding hydrogens is 199 g/mol. The van der Waals surface area contributed by atoms with E-state index in [1.54, 1.807) is 13.1 Å². The van der Waals surface area contributed by atoms with E-state index in [0.29, 0.717) is 25.5 Å². The zero-order valence-electron chi connectivity index (χ0n) is 9.44. The maximum Gasteiger partial charge on any atom is 0.305 e. The summed E-state index contributed by atoms with van der Waals surface area (Å²) in [6.45, 7) is 5.88. The molecule has 0 rings (SSSR count). The number of hydrogen-bond donors (Lipinski definition) is 0. The summed E-state index contributed by atoms with van der Waals surface area (Å²) in [5.41, 5.74) is 0. The summed E-state index contributed by atoms with van der Waals surface area (Å²) in [4.78, 5) is 11.1. The number of carbonyl (C=O) groups is 1. The fourth-order valence-corrected chi connectivity index (χ4v) is 2.07. The second-order valence-corrected chi connectivity index (χ2v) is 8.08. The van der Waals surface area contributed by atoms with Crippen molar-refractivity contribution >= 4 is 14.4 Å². The quantitative estimate of drug-likeness (QED) is 0.285. The number of hydrogen-bond acceptors (Lipinski definition) is 2. The van der Waals surface area contributed by atoms with Crippen molar-refractivity contribution in [3.63, 3.8) is 0 Å². The Morgan fingerprint density at radius 1 is 1.36 bits per heavy atom. The Morgan fingerprint density at radius 2 is 2.00 bits per heavy atom. The lowest BCUT2D eigenvalue weighted by atomic mass is 10.3. The Morgan fingerprint density at radius 3 is 2.50 bits per heavy atom. The first kappa shape index (κ1) is 13.6. The SMILES string of the molecule is CCCCOC(=O)CCC[Si](C)(C)F. The van der Waals surface area contributed by atoms with E-state index in [0.717, 1.165) is 12.8 Å². The van der Waals surface area contributed by atoms with Crippen molar-refractivity contribution < 1.29 is 13.6 Å². The molecule has 0 heterocycles. The van der Waals surface area contributed by atoms with Gasteiger partial charge in [0.1, 0.15) is 0 Å². The first-order chi connectivity index (χ1) is 6.45. The molecule has 0 unspecified atom stereocenters. The van der Waals surface area contributed by atoms with Crippen molar-refractivity contribution in [3.8, 4) is 0 Å². The maximum absolute atomic E-state index is 13.1. The lowest BCUT2D eigenvalue weighted by Gasteiger charge is -2.09. The van der Waals surface area contributed by atoms with Gasteiger partial charge in [0, 0.05) is 6.42 Å². The smallest absolute Gasteiger partial charge is 0.305 e. The average Bonchev–Trinajstić information content (AvgIpc) is 2.02. The lowest BCUT2D eigenvalue weighted by molar-refractivity contribution is -0.143. The van der Waals surface area contributed by atoms with Gasteiger partial charge >= 0.3 is 5.97 Å². The summed E-state index contributed by atoms with van der Waals surface area (Å²) in [5.74, 6) is -0.184. The van der Waals surface area contributed by atoms with Gasteiger partial charge < -0.3 is 8.84 Å². The normalized spacial score (nSPS) is 11.4. The molecule has 84 valence electrons. The highest BCUT2D eigenvalue weighted by Gasteiger charge is 2.19. The van der Waals surface area contributed by atoms with Gasteiger partial charge in [0.05, 0.1) is 6.61 Å². The zero-order valence-corrected chi connectivity index (χ0v) is 10.4. The minimum Gasteiger partial charge on any atom is -0.466 e. The molecule has 0 spiro atoms. The molecule has 14 heavy (non-hydrogen) atoms. The van der Waals surface area contributed by atoms with E-state index in [1.165, 1.54) is 0 Å². The van der Waals surface area contributed by atoms with E-state index in [1.807, 2.05) is 6.92 Å². The topological polar surface area (TPSA) is 26.3 Å². The van der Waals surface area contributed by atoms with Gasteiger partial charge in [-0.25, -0.2) is 0 Å². The first-order valence-electron chi connectivity index (χ1n) is 5.30. The fraction of sp³-hybridized carbons (Fsp3) is 0.900. The van der Waals surface area contributed by atoms with Gasteiger partial charge in [-0.2, -0.15) is 0 Å². The highest BCUT2D eigenvalue weighted by molar-refractivity contribution is 6.70. The third-order valence-electron chi connectivity index (χ3n) is 1.91. The van der Waals surface area contributed by atoms with Gasteiger partial charge in [-0.3, -0.25) is 4.79 Å². The summed E-state index contributed by atoms with van der Waals surface area (Å²) in [5, 5.41) is 0. The predicted octanol–water partition coefficient (Wildman–Crippen LogP) is 3.28. The number of unbranched alkanes of at least 4 members (excludes halogenated alkanes) is 1. The summed E-state index contributed by atoms with van der Waals surface area (Å²) >= 11 is 0. The monoisotopic (exact) mass is 220 g/mol. The second-order valence-electron chi connectivity index (χ2n) is 4.15. The number of halogens is 1. The Kier molecular flexibility index (Phi) is 6.79. The van der Waals surface area contributed by atoms with E-state index < -0.39 is 8.41 Å². The van der Waals surface area contributed by atoms with Crippen molar-refractivity contribution in [2.45, 2.75) is 51.7 Å². The summed E-state index contributed by atoms with van der Waals surface area (Å²) < 4.78 is 18.1. The van der Waals surface area contributed by atoms with Gasteiger partial charge in [-0.15, -0.1) is 0 Å². The number of esters is 1. The van der Waals surface area contributed by atoms with E-state index in [-0.39, 0.29) is 5.97 Å². The van der Waals surface area contributed by atoms with Crippen molar-refractivity contribution in [3.05, 3.63) is 0 Å². The van der Waals surface area contributed by atoms with Crippen LogP contribution in [0.15, 0.2) is 0 Å². The maximum atomic E-state index is 13.1. The number of ether oxygens (including phenoxy) is 1. The van der Waals surface area contributed by atoms with Gasteiger partial charge in [0.25, 0.3) is 0 Å². The molecule has 0 atom stereocenters. The van der Waals surface area contributed by atoms with Crippen LogP contribution in [0.4, 0.5) is 4.11 Å². The van der Waals surface area contributed by atoms with Crippen molar-refractivity contribution in [2.75, 3.05) is 6.61 Å². The van der Waals surface area contributed by atoms with Crippen LogP contribution in [0.25, 0.3) is 0 Å². The predicted molar refractivity (Wildman–Crippen MR) is 58.5 cm³/mol. The molecular formula is C10H21FO2Si. The summed E-state index contributed by atoms with van der Waals surface area (Å²) in [6, 6.07) is 0.551. The molecule has 0 aliphatic heterocycles. The van der Waals surface area contributed by atoms with Crippen LogP contribution in [0.3, 0.4) is 0 Å². The molecule has 0 saturated carbocycles. The minimum absolute atomic E-state index is 0.184. The van der Waals surface area contributed by atoms with E-state index in [4.69, 9.17) is 4.74 Å². The third-order valence-corrected chi connectivity index (χ3v) is 3.46. The minimum atomic E-state index is -2.47. The second kappa shape index (κ2) is 6.98. The molecule has 0 aromatic carbocycles. The van der Waals surface area contributed by atoms with Crippen LogP contribution >= 0.6 is 0 Å². The van der Waals surface area contributed by atoms with E-state index in [2.05, 4.69) is 0 Å². The molecule has 0 N–H and O–H groups in total. The third kappa shape index (κ3) is 9.70. The summed E-state index contributed by atoms with van der Waals surface area (Å²) in [7, 11) is -2.47. The molecule has 0 aromatic heterocycles. The van der Waals surface area contributed by atoms with Crippen LogP contribution in [0, 0.1) is 0 Å². The first-order valence-corrected chi connectivity index (χ1v) is 8.39. The van der Waals surface area contributed by atoms with Crippen LogP contribution in [0.5, 0.6) is 0 Å². The Balaban J connectivity index is 3.36. The number of rotatable bonds is 7. The lowest BCUT2D eigenvalue weighted by Crippen LogP contribution is -2.18. The highest BCUT2D eigenvalue weighted by Crippen LogP contribution is 2.14. The van der Waals surface area contributed by atoms with Crippen molar-refractivity contribution in [1.82, 2.24) is 0 Å². The molecule has 0 aliphatic rings. The standard InChI is InChI=1S/C10H21FO2Si/c1-4-5-8-13-10(12)7-6-9-14(2,3)11/h4-9H2,1-3H3. The molecule has 0 radical (unpaired) electrons. The molecule has 0 amide bonds. The number of carbonyl (C=O) groups excluding carboxylic acids is 1. The Bertz CT molecular complexity index is 166. The van der Waals surface area contributed by atoms with Crippen LogP contribution in [0.2, 0.25) is 19.1 Å². The molecule has 0 aliphatic carbocycles. The molecule has 0 bridgehead atoms. The van der Waals surface area contributed by atoms with E-state index in [9.17, 15) is 8.90 Å². The van der Waals surface area contributed by atoms with Gasteiger partial charge in [-0.05, 0) is 32.0 Å². The Hall–Kier alpha value is -0.383. The van der Waals surface area contributed by atoms with Crippen LogP contribution in [0.1, 0.15) is 32.6 Å². The largest absolute Gasteiger partial charge is 0.466 e.